The van der Waals surface area contributed by atoms with Crippen LogP contribution in [0.5, 0.6) is 0 Å². The van der Waals surface area contributed by atoms with Crippen LogP contribution in [0.25, 0.3) is 11.1 Å². The first-order valence-electron chi connectivity index (χ1n) is 9.69. The number of carboxylic acids is 1. The number of Topliss-reactive ketones (excluding diaryl/α,β-unsaturated/α-hetero) is 1. The van der Waals surface area contributed by atoms with E-state index in [0.29, 0.717) is 29.0 Å². The van der Waals surface area contributed by atoms with Crippen LogP contribution in [0, 0.1) is 17.8 Å². The smallest absolute Gasteiger partial charge is 0.336 e. The first-order chi connectivity index (χ1) is 14.1. The van der Waals surface area contributed by atoms with Gasteiger partial charge < -0.3 is 5.11 Å². The average molecular weight is 380 g/mol. The van der Waals surface area contributed by atoms with Crippen molar-refractivity contribution in [2.24, 2.45) is 5.92 Å². The van der Waals surface area contributed by atoms with Crippen LogP contribution in [0.4, 0.5) is 0 Å². The van der Waals surface area contributed by atoms with E-state index in [4.69, 9.17) is 0 Å². The summed E-state index contributed by atoms with van der Waals surface area (Å²) in [4.78, 5) is 24.2. The van der Waals surface area contributed by atoms with Crippen molar-refractivity contribution in [3.8, 4) is 23.0 Å². The molecule has 3 heteroatoms. The second-order valence-corrected chi connectivity index (χ2v) is 7.30. The molecule has 0 unspecified atom stereocenters. The zero-order chi connectivity index (χ0) is 20.2. The fourth-order valence-electron chi connectivity index (χ4n) is 3.33. The van der Waals surface area contributed by atoms with Gasteiger partial charge in [-0.2, -0.15) is 0 Å². The molecule has 0 atom stereocenters. The summed E-state index contributed by atoms with van der Waals surface area (Å²) in [5.74, 6) is 5.90. The van der Waals surface area contributed by atoms with E-state index in [2.05, 4.69) is 11.8 Å². The molecule has 0 radical (unpaired) electrons. The number of carbonyl (C=O) groups excluding carboxylic acids is 1. The Labute approximate surface area is 170 Å². The van der Waals surface area contributed by atoms with Crippen molar-refractivity contribution in [3.05, 3.63) is 95.1 Å². The first-order valence-corrected chi connectivity index (χ1v) is 9.69. The molecule has 1 N–H and O–H groups in total. The summed E-state index contributed by atoms with van der Waals surface area (Å²) >= 11 is 0. The van der Waals surface area contributed by atoms with Crippen LogP contribution in [0.1, 0.15) is 51.1 Å². The van der Waals surface area contributed by atoms with Gasteiger partial charge in [-0.05, 0) is 48.6 Å². The maximum atomic E-state index is 12.3. The molecule has 3 aromatic rings. The predicted molar refractivity (Wildman–Crippen MR) is 113 cm³/mol. The van der Waals surface area contributed by atoms with E-state index in [0.717, 1.165) is 24.0 Å². The van der Waals surface area contributed by atoms with Crippen molar-refractivity contribution in [2.45, 2.75) is 19.3 Å². The van der Waals surface area contributed by atoms with Crippen LogP contribution < -0.4 is 0 Å². The Morgan fingerprint density at radius 2 is 1.59 bits per heavy atom. The van der Waals surface area contributed by atoms with Gasteiger partial charge in [0.2, 0.25) is 0 Å². The number of hydrogen-bond donors (Lipinski definition) is 1. The number of rotatable bonds is 5. The second-order valence-electron chi connectivity index (χ2n) is 7.30. The van der Waals surface area contributed by atoms with E-state index in [9.17, 15) is 14.7 Å². The van der Waals surface area contributed by atoms with Crippen LogP contribution in [0.2, 0.25) is 0 Å². The van der Waals surface area contributed by atoms with Crippen molar-refractivity contribution < 1.29 is 14.7 Å². The lowest BCUT2D eigenvalue weighted by Crippen LogP contribution is -2.03. The largest absolute Gasteiger partial charge is 0.478 e. The van der Waals surface area contributed by atoms with Crippen molar-refractivity contribution >= 4 is 11.8 Å². The van der Waals surface area contributed by atoms with Crippen LogP contribution in [-0.2, 0) is 0 Å². The van der Waals surface area contributed by atoms with E-state index in [1.165, 1.54) is 0 Å². The van der Waals surface area contributed by atoms with Crippen LogP contribution in [0.15, 0.2) is 72.8 Å². The Hall–Kier alpha value is -3.64. The zero-order valence-electron chi connectivity index (χ0n) is 15.9. The van der Waals surface area contributed by atoms with E-state index >= 15 is 0 Å². The molecule has 0 saturated heterocycles. The number of ketones is 1. The molecular weight excluding hydrogens is 360 g/mol. The molecule has 3 aromatic carbocycles. The summed E-state index contributed by atoms with van der Waals surface area (Å²) in [5, 5.41) is 9.68. The van der Waals surface area contributed by atoms with Crippen molar-refractivity contribution in [1.29, 1.82) is 0 Å². The predicted octanol–water partition coefficient (Wildman–Crippen LogP) is 5.43. The summed E-state index contributed by atoms with van der Waals surface area (Å²) in [6, 6.07) is 21.9. The summed E-state index contributed by atoms with van der Waals surface area (Å²) in [6.07, 6.45) is 2.87. The third-order valence-corrected chi connectivity index (χ3v) is 5.08. The molecule has 29 heavy (non-hydrogen) atoms. The monoisotopic (exact) mass is 380 g/mol. The lowest BCUT2D eigenvalue weighted by atomic mass is 9.93. The lowest BCUT2D eigenvalue weighted by molar-refractivity contribution is 0.0697. The fraction of sp³-hybridized carbons (Fsp3) is 0.154. The molecular formula is C26H20O3. The van der Waals surface area contributed by atoms with Gasteiger partial charge in [0.25, 0.3) is 0 Å². The third kappa shape index (κ3) is 4.44. The molecule has 0 aromatic heterocycles. The van der Waals surface area contributed by atoms with Gasteiger partial charge in [0.15, 0.2) is 5.78 Å². The van der Waals surface area contributed by atoms with Crippen molar-refractivity contribution in [2.75, 3.05) is 0 Å². The molecule has 0 spiro atoms. The van der Waals surface area contributed by atoms with Crippen LogP contribution in [0.3, 0.4) is 0 Å². The van der Waals surface area contributed by atoms with Gasteiger partial charge in [-0.25, -0.2) is 4.79 Å². The maximum absolute atomic E-state index is 12.3. The summed E-state index contributed by atoms with van der Waals surface area (Å²) in [7, 11) is 0. The number of benzene rings is 3. The Kier molecular flexibility index (Phi) is 5.27. The average Bonchev–Trinajstić information content (AvgIpc) is 3.56. The quantitative estimate of drug-likeness (QED) is 0.474. The minimum atomic E-state index is -1.00. The van der Waals surface area contributed by atoms with Crippen LogP contribution in [-0.4, -0.2) is 16.9 Å². The Bertz CT molecular complexity index is 1110. The molecule has 4 rings (SSSR count). The van der Waals surface area contributed by atoms with Gasteiger partial charge in [-0.3, -0.25) is 4.79 Å². The van der Waals surface area contributed by atoms with Crippen molar-refractivity contribution in [3.63, 3.8) is 0 Å². The minimum Gasteiger partial charge on any atom is -0.478 e. The highest BCUT2D eigenvalue weighted by molar-refractivity contribution is 5.99. The summed E-state index contributed by atoms with van der Waals surface area (Å²) in [6.45, 7) is 0. The Morgan fingerprint density at radius 1 is 0.862 bits per heavy atom. The Morgan fingerprint density at radius 3 is 2.24 bits per heavy atom. The molecule has 1 fully saturated rings. The topological polar surface area (TPSA) is 54.4 Å². The number of carbonyl (C=O) groups is 2. The van der Waals surface area contributed by atoms with E-state index in [1.807, 2.05) is 48.5 Å². The van der Waals surface area contributed by atoms with Gasteiger partial charge >= 0.3 is 5.97 Å². The maximum Gasteiger partial charge on any atom is 0.336 e. The highest BCUT2D eigenvalue weighted by atomic mass is 16.4. The van der Waals surface area contributed by atoms with Gasteiger partial charge in [0, 0.05) is 28.7 Å². The number of aromatic carboxylic acids is 1. The molecule has 0 aliphatic heterocycles. The summed E-state index contributed by atoms with van der Waals surface area (Å²) in [5.41, 5.74) is 3.69. The Balaban J connectivity index is 1.72. The normalized spacial score (nSPS) is 12.7. The first kappa shape index (κ1) is 18.7. The molecule has 1 saturated carbocycles. The van der Waals surface area contributed by atoms with E-state index in [1.54, 1.807) is 24.3 Å². The van der Waals surface area contributed by atoms with E-state index in [-0.39, 0.29) is 11.3 Å². The number of carboxylic acid groups (broad SMARTS) is 1. The molecule has 0 amide bonds. The standard InChI is InChI=1S/C26H20O3/c27-24(17-19-9-10-19)20-13-15-22(16-14-20)25-21(7-4-8-23(25)26(28)29)12-11-18-5-2-1-3-6-18/h1-8,13-16,19H,9-10,17H2,(H,28,29). The van der Waals surface area contributed by atoms with Gasteiger partial charge in [-0.15, -0.1) is 0 Å². The highest BCUT2D eigenvalue weighted by Crippen LogP contribution is 2.34. The highest BCUT2D eigenvalue weighted by Gasteiger charge is 2.25. The molecule has 3 nitrogen and oxygen atoms in total. The van der Waals surface area contributed by atoms with Crippen molar-refractivity contribution in [1.82, 2.24) is 0 Å². The van der Waals surface area contributed by atoms with Gasteiger partial charge in [0.05, 0.1) is 5.56 Å². The van der Waals surface area contributed by atoms with E-state index < -0.39 is 5.97 Å². The number of hydrogen-bond acceptors (Lipinski definition) is 2. The van der Waals surface area contributed by atoms with Crippen LogP contribution >= 0.6 is 0 Å². The summed E-state index contributed by atoms with van der Waals surface area (Å²) < 4.78 is 0. The SMILES string of the molecule is O=C(CC1CC1)c1ccc(-c2c(C#Cc3ccccc3)cccc2C(=O)O)cc1. The second kappa shape index (κ2) is 8.16. The van der Waals surface area contributed by atoms with Gasteiger partial charge in [0.1, 0.15) is 0 Å². The minimum absolute atomic E-state index is 0.148. The van der Waals surface area contributed by atoms with Gasteiger partial charge in [-0.1, -0.05) is 60.4 Å². The molecule has 142 valence electrons. The molecule has 1 aliphatic rings. The molecule has 0 heterocycles. The fourth-order valence-corrected chi connectivity index (χ4v) is 3.33. The molecule has 0 bridgehead atoms. The lowest BCUT2D eigenvalue weighted by Gasteiger charge is -2.10. The molecule has 1 aliphatic carbocycles. The zero-order valence-corrected chi connectivity index (χ0v) is 15.9. The third-order valence-electron chi connectivity index (χ3n) is 5.08.